The van der Waals surface area contributed by atoms with Gasteiger partial charge in [0.05, 0.1) is 7.11 Å². The van der Waals surface area contributed by atoms with Gasteiger partial charge in [-0.25, -0.2) is 0 Å². The predicted molar refractivity (Wildman–Crippen MR) is 72.0 cm³/mol. The lowest BCUT2D eigenvalue weighted by atomic mass is 10.0. The molecule has 2 aromatic rings. The Balaban J connectivity index is 2.42. The normalized spacial score (nSPS) is 10.1. The Morgan fingerprint density at radius 1 is 1.11 bits per heavy atom. The van der Waals surface area contributed by atoms with Crippen LogP contribution in [-0.4, -0.2) is 12.9 Å². The highest BCUT2D eigenvalue weighted by molar-refractivity contribution is 6.12. The number of ketones is 1. The minimum Gasteiger partial charge on any atom is -0.497 e. The van der Waals surface area contributed by atoms with Gasteiger partial charge in [-0.3, -0.25) is 4.79 Å². The second kappa shape index (κ2) is 4.92. The van der Waals surface area contributed by atoms with Crippen LogP contribution in [-0.2, 0) is 0 Å². The van der Waals surface area contributed by atoms with Crippen molar-refractivity contribution in [3.05, 3.63) is 59.2 Å². The van der Waals surface area contributed by atoms with Crippen molar-refractivity contribution in [1.82, 2.24) is 0 Å². The molecule has 2 N–H and O–H groups in total. The maximum absolute atomic E-state index is 12.3. The first kappa shape index (κ1) is 12.2. The molecule has 0 amide bonds. The number of anilines is 1. The molecule has 0 spiro atoms. The summed E-state index contributed by atoms with van der Waals surface area (Å²) in [6.07, 6.45) is 0. The Labute approximate surface area is 106 Å². The zero-order valence-corrected chi connectivity index (χ0v) is 10.4. The average molecular weight is 241 g/mol. The van der Waals surface area contributed by atoms with E-state index in [-0.39, 0.29) is 5.78 Å². The number of ether oxygens (including phenoxy) is 1. The summed E-state index contributed by atoms with van der Waals surface area (Å²) in [5.41, 5.74) is 8.51. The molecular weight excluding hydrogens is 226 g/mol. The van der Waals surface area contributed by atoms with E-state index in [2.05, 4.69) is 0 Å². The van der Waals surface area contributed by atoms with Gasteiger partial charge in [-0.05, 0) is 25.1 Å². The van der Waals surface area contributed by atoms with E-state index in [0.717, 1.165) is 5.56 Å². The van der Waals surface area contributed by atoms with Gasteiger partial charge in [0.25, 0.3) is 0 Å². The van der Waals surface area contributed by atoms with Gasteiger partial charge in [0.1, 0.15) is 5.75 Å². The first-order valence-electron chi connectivity index (χ1n) is 5.66. The van der Waals surface area contributed by atoms with Crippen molar-refractivity contribution in [2.75, 3.05) is 12.8 Å². The van der Waals surface area contributed by atoms with Crippen molar-refractivity contribution in [3.8, 4) is 5.75 Å². The molecule has 3 nitrogen and oxygen atoms in total. The number of carbonyl (C=O) groups is 1. The molecule has 0 heterocycles. The monoisotopic (exact) mass is 241 g/mol. The molecule has 0 saturated carbocycles. The van der Waals surface area contributed by atoms with Crippen molar-refractivity contribution in [3.63, 3.8) is 0 Å². The third-order valence-corrected chi connectivity index (χ3v) is 2.82. The van der Waals surface area contributed by atoms with Gasteiger partial charge in [-0.15, -0.1) is 0 Å². The van der Waals surface area contributed by atoms with E-state index in [9.17, 15) is 4.79 Å². The van der Waals surface area contributed by atoms with E-state index in [1.54, 1.807) is 37.4 Å². The summed E-state index contributed by atoms with van der Waals surface area (Å²) < 4.78 is 5.11. The minimum atomic E-state index is -0.0913. The summed E-state index contributed by atoms with van der Waals surface area (Å²) in [5, 5.41) is 0. The second-order valence-corrected chi connectivity index (χ2v) is 4.15. The molecule has 0 fully saturated rings. The third kappa shape index (κ3) is 2.35. The smallest absolute Gasteiger partial charge is 0.195 e. The van der Waals surface area contributed by atoms with Gasteiger partial charge in [0, 0.05) is 16.8 Å². The Hall–Kier alpha value is -2.29. The number of carbonyl (C=O) groups excluding carboxylic acids is 1. The highest BCUT2D eigenvalue weighted by Crippen LogP contribution is 2.22. The summed E-state index contributed by atoms with van der Waals surface area (Å²) in [6, 6.07) is 12.5. The van der Waals surface area contributed by atoms with Crippen LogP contribution in [0.4, 0.5) is 5.69 Å². The summed E-state index contributed by atoms with van der Waals surface area (Å²) in [6.45, 7) is 1.98. The number of rotatable bonds is 3. The van der Waals surface area contributed by atoms with Gasteiger partial charge in [0.15, 0.2) is 5.78 Å². The fourth-order valence-corrected chi connectivity index (χ4v) is 1.72. The van der Waals surface area contributed by atoms with Crippen LogP contribution >= 0.6 is 0 Å². The van der Waals surface area contributed by atoms with Crippen LogP contribution in [0.25, 0.3) is 0 Å². The Morgan fingerprint density at radius 2 is 1.78 bits per heavy atom. The largest absolute Gasteiger partial charge is 0.497 e. The SMILES string of the molecule is COc1ccc(N)c(C(=O)c2ccc(C)cc2)c1. The van der Waals surface area contributed by atoms with Crippen LogP contribution < -0.4 is 10.5 Å². The Morgan fingerprint density at radius 3 is 2.39 bits per heavy atom. The van der Waals surface area contributed by atoms with E-state index in [0.29, 0.717) is 22.6 Å². The molecule has 18 heavy (non-hydrogen) atoms. The summed E-state index contributed by atoms with van der Waals surface area (Å²) in [7, 11) is 1.56. The number of hydrogen-bond acceptors (Lipinski definition) is 3. The quantitative estimate of drug-likeness (QED) is 0.664. The molecule has 92 valence electrons. The standard InChI is InChI=1S/C15H15NO2/c1-10-3-5-11(6-4-10)15(17)13-9-12(18-2)7-8-14(13)16/h3-9H,16H2,1-2H3. The van der Waals surface area contributed by atoms with Crippen molar-refractivity contribution in [2.45, 2.75) is 6.92 Å². The zero-order valence-electron chi connectivity index (χ0n) is 10.4. The van der Waals surface area contributed by atoms with Gasteiger partial charge in [-0.2, -0.15) is 0 Å². The highest BCUT2D eigenvalue weighted by Gasteiger charge is 2.13. The molecule has 0 bridgehead atoms. The zero-order chi connectivity index (χ0) is 13.1. The molecule has 2 aromatic carbocycles. The van der Waals surface area contributed by atoms with E-state index in [1.165, 1.54) is 0 Å². The topological polar surface area (TPSA) is 52.3 Å². The van der Waals surface area contributed by atoms with Crippen molar-refractivity contribution >= 4 is 11.5 Å². The fourth-order valence-electron chi connectivity index (χ4n) is 1.72. The van der Waals surface area contributed by atoms with Crippen LogP contribution in [0, 0.1) is 6.92 Å². The van der Waals surface area contributed by atoms with E-state index >= 15 is 0 Å². The van der Waals surface area contributed by atoms with Gasteiger partial charge in [0.2, 0.25) is 0 Å². The van der Waals surface area contributed by atoms with Crippen molar-refractivity contribution in [2.24, 2.45) is 0 Å². The van der Waals surface area contributed by atoms with Crippen molar-refractivity contribution in [1.29, 1.82) is 0 Å². The number of methoxy groups -OCH3 is 1. The molecule has 2 rings (SSSR count). The molecule has 0 atom stereocenters. The lowest BCUT2D eigenvalue weighted by Crippen LogP contribution is -2.05. The van der Waals surface area contributed by atoms with Crippen molar-refractivity contribution < 1.29 is 9.53 Å². The molecule has 0 radical (unpaired) electrons. The van der Waals surface area contributed by atoms with E-state index in [4.69, 9.17) is 10.5 Å². The molecule has 0 unspecified atom stereocenters. The van der Waals surface area contributed by atoms with Gasteiger partial charge < -0.3 is 10.5 Å². The van der Waals surface area contributed by atoms with E-state index < -0.39 is 0 Å². The van der Waals surface area contributed by atoms with Crippen LogP contribution in [0.5, 0.6) is 5.75 Å². The summed E-state index contributed by atoms with van der Waals surface area (Å²) in [5.74, 6) is 0.533. The molecule has 0 aromatic heterocycles. The minimum absolute atomic E-state index is 0.0913. The van der Waals surface area contributed by atoms with E-state index in [1.807, 2.05) is 19.1 Å². The molecule has 0 aliphatic rings. The Kier molecular flexibility index (Phi) is 3.33. The molecular formula is C15H15NO2. The highest BCUT2D eigenvalue weighted by atomic mass is 16.5. The lowest BCUT2D eigenvalue weighted by molar-refractivity contribution is 0.103. The first-order valence-corrected chi connectivity index (χ1v) is 5.66. The second-order valence-electron chi connectivity index (χ2n) is 4.15. The number of benzene rings is 2. The predicted octanol–water partition coefficient (Wildman–Crippen LogP) is 2.82. The molecule has 3 heteroatoms. The third-order valence-electron chi connectivity index (χ3n) is 2.82. The van der Waals surface area contributed by atoms with Gasteiger partial charge in [-0.1, -0.05) is 29.8 Å². The fraction of sp³-hybridized carbons (Fsp3) is 0.133. The lowest BCUT2D eigenvalue weighted by Gasteiger charge is -2.07. The maximum Gasteiger partial charge on any atom is 0.195 e. The van der Waals surface area contributed by atoms with Crippen LogP contribution in [0.2, 0.25) is 0 Å². The maximum atomic E-state index is 12.3. The number of nitrogens with two attached hydrogens (primary N) is 1. The molecule has 0 saturated heterocycles. The summed E-state index contributed by atoms with van der Waals surface area (Å²) >= 11 is 0. The van der Waals surface area contributed by atoms with Gasteiger partial charge >= 0.3 is 0 Å². The average Bonchev–Trinajstić information content (AvgIpc) is 2.39. The number of hydrogen-bond donors (Lipinski definition) is 1. The first-order chi connectivity index (χ1) is 8.61. The number of nitrogen functional groups attached to an aromatic ring is 1. The number of aryl methyl sites for hydroxylation is 1. The molecule has 0 aliphatic carbocycles. The van der Waals surface area contributed by atoms with Crippen LogP contribution in [0.3, 0.4) is 0 Å². The summed E-state index contributed by atoms with van der Waals surface area (Å²) in [4.78, 5) is 12.3. The molecule has 0 aliphatic heterocycles. The Bertz CT molecular complexity index is 574. The van der Waals surface area contributed by atoms with Crippen LogP contribution in [0.1, 0.15) is 21.5 Å². The van der Waals surface area contributed by atoms with Crippen LogP contribution in [0.15, 0.2) is 42.5 Å².